The van der Waals surface area contributed by atoms with Crippen molar-refractivity contribution in [2.24, 2.45) is 5.92 Å². The van der Waals surface area contributed by atoms with Crippen molar-refractivity contribution >= 4 is 29.1 Å². The maximum atomic E-state index is 12.4. The summed E-state index contributed by atoms with van der Waals surface area (Å²) in [6.45, 7) is 2.25. The van der Waals surface area contributed by atoms with Crippen LogP contribution in [0.15, 0.2) is 48.5 Å². The molecule has 3 amide bonds. The first-order valence-corrected chi connectivity index (χ1v) is 9.13. The van der Waals surface area contributed by atoms with Gasteiger partial charge in [0.15, 0.2) is 0 Å². The lowest BCUT2D eigenvalue weighted by atomic mass is 10.1. The number of hydrazine groups is 1. The van der Waals surface area contributed by atoms with Gasteiger partial charge in [-0.25, -0.2) is 0 Å². The lowest BCUT2D eigenvalue weighted by Gasteiger charge is -2.17. The van der Waals surface area contributed by atoms with Crippen LogP contribution in [0.5, 0.6) is 0 Å². The van der Waals surface area contributed by atoms with E-state index in [0.717, 1.165) is 23.7 Å². The standard InChI is InChI=1S/C20H20N4O5/c1-2-13-6-8-16(9-7-13)23-12-15(11-18(23)25)20(27)22-21-19(26)14-4-3-5-17(10-14)24(28)29/h3-10,15H,2,11-12H2,1H3,(H,21,26)(H,22,27)/t15-/m1/s1. The highest BCUT2D eigenvalue weighted by atomic mass is 16.6. The quantitative estimate of drug-likeness (QED) is 0.591. The fraction of sp³-hybridized carbons (Fsp3) is 0.250. The molecule has 0 aromatic heterocycles. The first kappa shape index (κ1) is 20.0. The minimum Gasteiger partial charge on any atom is -0.312 e. The van der Waals surface area contributed by atoms with Crippen LogP contribution in [-0.2, 0) is 16.0 Å². The summed E-state index contributed by atoms with van der Waals surface area (Å²) >= 11 is 0. The van der Waals surface area contributed by atoms with Crippen molar-refractivity contribution in [3.63, 3.8) is 0 Å². The molecule has 9 nitrogen and oxygen atoms in total. The Hall–Kier alpha value is -3.75. The highest BCUT2D eigenvalue weighted by Gasteiger charge is 2.35. The third-order valence-corrected chi connectivity index (χ3v) is 4.77. The molecule has 29 heavy (non-hydrogen) atoms. The average molecular weight is 396 g/mol. The van der Waals surface area contributed by atoms with Gasteiger partial charge in [-0.2, -0.15) is 0 Å². The minimum atomic E-state index is -0.682. The molecule has 150 valence electrons. The smallest absolute Gasteiger partial charge is 0.270 e. The maximum Gasteiger partial charge on any atom is 0.270 e. The fourth-order valence-corrected chi connectivity index (χ4v) is 3.10. The van der Waals surface area contributed by atoms with Crippen LogP contribution < -0.4 is 15.8 Å². The molecule has 0 aliphatic carbocycles. The number of anilines is 1. The molecule has 1 aliphatic heterocycles. The van der Waals surface area contributed by atoms with Gasteiger partial charge in [-0.1, -0.05) is 25.1 Å². The summed E-state index contributed by atoms with van der Waals surface area (Å²) in [7, 11) is 0. The van der Waals surface area contributed by atoms with Gasteiger partial charge in [0.05, 0.1) is 10.8 Å². The van der Waals surface area contributed by atoms with E-state index >= 15 is 0 Å². The third-order valence-electron chi connectivity index (χ3n) is 4.77. The number of aryl methyl sites for hydroxylation is 1. The van der Waals surface area contributed by atoms with Crippen molar-refractivity contribution in [2.45, 2.75) is 19.8 Å². The number of hydrogen-bond donors (Lipinski definition) is 2. The molecule has 0 saturated carbocycles. The predicted molar refractivity (Wildman–Crippen MR) is 105 cm³/mol. The van der Waals surface area contributed by atoms with Crippen LogP contribution in [0.1, 0.15) is 29.3 Å². The van der Waals surface area contributed by atoms with E-state index < -0.39 is 22.7 Å². The summed E-state index contributed by atoms with van der Waals surface area (Å²) in [5.41, 5.74) is 6.22. The minimum absolute atomic E-state index is 0.0358. The molecule has 1 aliphatic rings. The van der Waals surface area contributed by atoms with Crippen molar-refractivity contribution in [2.75, 3.05) is 11.4 Å². The number of carbonyl (C=O) groups excluding carboxylic acids is 3. The summed E-state index contributed by atoms with van der Waals surface area (Å²) in [4.78, 5) is 48.5. The van der Waals surface area contributed by atoms with Gasteiger partial charge >= 0.3 is 0 Å². The predicted octanol–water partition coefficient (Wildman–Crippen LogP) is 1.97. The summed E-state index contributed by atoms with van der Waals surface area (Å²) < 4.78 is 0. The van der Waals surface area contributed by atoms with Gasteiger partial charge in [-0.05, 0) is 30.2 Å². The second-order valence-corrected chi connectivity index (χ2v) is 6.68. The van der Waals surface area contributed by atoms with E-state index in [1.165, 1.54) is 18.2 Å². The lowest BCUT2D eigenvalue weighted by Crippen LogP contribution is -2.45. The van der Waals surface area contributed by atoms with Gasteiger partial charge < -0.3 is 4.90 Å². The van der Waals surface area contributed by atoms with E-state index in [2.05, 4.69) is 10.9 Å². The Labute approximate surface area is 166 Å². The number of amides is 3. The monoisotopic (exact) mass is 396 g/mol. The molecular weight excluding hydrogens is 376 g/mol. The van der Waals surface area contributed by atoms with Crippen molar-refractivity contribution in [1.82, 2.24) is 10.9 Å². The molecule has 9 heteroatoms. The fourth-order valence-electron chi connectivity index (χ4n) is 3.10. The first-order chi connectivity index (χ1) is 13.9. The molecule has 0 radical (unpaired) electrons. The molecule has 2 aromatic carbocycles. The van der Waals surface area contributed by atoms with Crippen molar-refractivity contribution in [3.8, 4) is 0 Å². The highest BCUT2D eigenvalue weighted by molar-refractivity contribution is 6.01. The molecule has 1 saturated heterocycles. The number of non-ortho nitro benzene ring substituents is 1. The Balaban J connectivity index is 1.58. The third kappa shape index (κ3) is 4.57. The van der Waals surface area contributed by atoms with E-state index in [1.807, 2.05) is 31.2 Å². The number of carbonyl (C=O) groups is 3. The lowest BCUT2D eigenvalue weighted by molar-refractivity contribution is -0.384. The summed E-state index contributed by atoms with van der Waals surface area (Å²) in [6.07, 6.45) is 0.928. The first-order valence-electron chi connectivity index (χ1n) is 9.13. The molecule has 2 aromatic rings. The van der Waals surface area contributed by atoms with Crippen molar-refractivity contribution in [3.05, 3.63) is 69.8 Å². The number of benzene rings is 2. The van der Waals surface area contributed by atoms with Gasteiger partial charge in [0.1, 0.15) is 0 Å². The van der Waals surface area contributed by atoms with Crippen LogP contribution in [0.2, 0.25) is 0 Å². The van der Waals surface area contributed by atoms with Gasteiger partial charge in [0.25, 0.3) is 11.6 Å². The second kappa shape index (κ2) is 8.51. The molecule has 1 fully saturated rings. The Morgan fingerprint density at radius 3 is 2.55 bits per heavy atom. The highest BCUT2D eigenvalue weighted by Crippen LogP contribution is 2.25. The number of nitro groups is 1. The number of nitrogens with one attached hydrogen (secondary N) is 2. The molecule has 1 atom stereocenters. The number of hydrogen-bond acceptors (Lipinski definition) is 5. The number of nitro benzene ring substituents is 1. The van der Waals surface area contributed by atoms with Gasteiger partial charge in [-0.15, -0.1) is 0 Å². The topological polar surface area (TPSA) is 122 Å². The SMILES string of the molecule is CCc1ccc(N2C[C@H](C(=O)NNC(=O)c3cccc([N+](=O)[O-])c3)CC2=O)cc1. The molecule has 1 heterocycles. The van der Waals surface area contributed by atoms with Crippen LogP contribution in [-0.4, -0.2) is 29.2 Å². The molecule has 2 N–H and O–H groups in total. The van der Waals surface area contributed by atoms with E-state index in [9.17, 15) is 24.5 Å². The van der Waals surface area contributed by atoms with Crippen molar-refractivity contribution in [1.29, 1.82) is 0 Å². The summed E-state index contributed by atoms with van der Waals surface area (Å²) in [6, 6.07) is 12.7. The van der Waals surface area contributed by atoms with Crippen LogP contribution in [0.4, 0.5) is 11.4 Å². The number of nitrogens with zero attached hydrogens (tertiary/aromatic N) is 2. The molecular formula is C20H20N4O5. The Bertz CT molecular complexity index is 958. The van der Waals surface area contributed by atoms with E-state index in [0.29, 0.717) is 0 Å². The van der Waals surface area contributed by atoms with E-state index in [1.54, 1.807) is 4.90 Å². The maximum absolute atomic E-state index is 12.4. The summed E-state index contributed by atoms with van der Waals surface area (Å²) in [5, 5.41) is 10.8. The molecule has 3 rings (SSSR count). The Morgan fingerprint density at radius 2 is 1.90 bits per heavy atom. The van der Waals surface area contributed by atoms with Gasteiger partial charge in [0.2, 0.25) is 11.8 Å². The normalized spacial score (nSPS) is 15.8. The van der Waals surface area contributed by atoms with Gasteiger partial charge in [-0.3, -0.25) is 35.3 Å². The number of rotatable bonds is 5. The zero-order chi connectivity index (χ0) is 21.0. The van der Waals surface area contributed by atoms with E-state index in [-0.39, 0.29) is 30.1 Å². The Kier molecular flexibility index (Phi) is 5.87. The largest absolute Gasteiger partial charge is 0.312 e. The van der Waals surface area contributed by atoms with Crippen LogP contribution in [0, 0.1) is 16.0 Å². The van der Waals surface area contributed by atoms with E-state index in [4.69, 9.17) is 0 Å². The summed E-state index contributed by atoms with van der Waals surface area (Å²) in [5.74, 6) is -1.96. The van der Waals surface area contributed by atoms with Gasteiger partial charge in [0, 0.05) is 36.3 Å². The molecule has 0 unspecified atom stereocenters. The Morgan fingerprint density at radius 1 is 1.17 bits per heavy atom. The van der Waals surface area contributed by atoms with Crippen molar-refractivity contribution < 1.29 is 19.3 Å². The second-order valence-electron chi connectivity index (χ2n) is 6.68. The van der Waals surface area contributed by atoms with Crippen LogP contribution >= 0.6 is 0 Å². The molecule has 0 spiro atoms. The van der Waals surface area contributed by atoms with Crippen LogP contribution in [0.25, 0.3) is 0 Å². The average Bonchev–Trinajstić information content (AvgIpc) is 3.13. The zero-order valence-electron chi connectivity index (χ0n) is 15.8. The zero-order valence-corrected chi connectivity index (χ0v) is 15.8. The van der Waals surface area contributed by atoms with Crippen LogP contribution in [0.3, 0.4) is 0 Å². The molecule has 0 bridgehead atoms.